The Kier molecular flexibility index (Phi) is 2.88. The molecule has 1 aliphatic carbocycles. The quantitative estimate of drug-likeness (QED) is 0.535. The molecule has 0 amide bonds. The van der Waals surface area contributed by atoms with E-state index >= 15 is 0 Å². The predicted octanol–water partition coefficient (Wildman–Crippen LogP) is 3.32. The third kappa shape index (κ3) is 1.97. The molecule has 0 bridgehead atoms. The van der Waals surface area contributed by atoms with Crippen molar-refractivity contribution < 1.29 is 14.2 Å². The van der Waals surface area contributed by atoms with Crippen molar-refractivity contribution in [1.29, 1.82) is 0 Å². The van der Waals surface area contributed by atoms with Gasteiger partial charge in [-0.05, 0) is 17.5 Å². The van der Waals surface area contributed by atoms with Crippen LogP contribution in [0.2, 0.25) is 0 Å². The molecule has 3 aromatic rings. The second-order valence-electron chi connectivity index (χ2n) is 6.35. The van der Waals surface area contributed by atoms with E-state index in [2.05, 4.69) is 6.07 Å². The number of aromatic nitrogens is 1. The smallest absolute Gasteiger partial charge is 0.282 e. The fourth-order valence-corrected chi connectivity index (χ4v) is 3.77. The van der Waals surface area contributed by atoms with Crippen LogP contribution in [-0.2, 0) is 16.0 Å². The van der Waals surface area contributed by atoms with E-state index in [0.717, 1.165) is 23.0 Å². The van der Waals surface area contributed by atoms with Gasteiger partial charge < -0.3 is 4.57 Å². The van der Waals surface area contributed by atoms with Crippen molar-refractivity contribution in [2.75, 3.05) is 0 Å². The van der Waals surface area contributed by atoms with E-state index in [4.69, 9.17) is 0 Å². The van der Waals surface area contributed by atoms with Gasteiger partial charge in [-0.15, -0.1) is 0 Å². The standard InChI is InChI=1S/C21H15N2O2/c24-18-13-19(25)21(23-12-10-15-6-2-4-8-17(15)23)20(18)22-11-9-14-5-1-3-7-16(14)22/h1-9,11-12H,10,13H2/q+1. The van der Waals surface area contributed by atoms with Crippen LogP contribution in [0.3, 0.4) is 0 Å². The number of benzene rings is 2. The minimum absolute atomic E-state index is 0.0658. The molecular weight excluding hydrogens is 312 g/mol. The molecule has 0 spiro atoms. The highest BCUT2D eigenvalue weighted by Gasteiger charge is 2.42. The van der Waals surface area contributed by atoms with Crippen molar-refractivity contribution in [3.63, 3.8) is 0 Å². The Morgan fingerprint density at radius 3 is 2.60 bits per heavy atom. The van der Waals surface area contributed by atoms with Gasteiger partial charge in [0.05, 0.1) is 18.4 Å². The third-order valence-electron chi connectivity index (χ3n) is 4.90. The summed E-state index contributed by atoms with van der Waals surface area (Å²) in [5, 5.41) is 1.05. The van der Waals surface area contributed by atoms with E-state index in [1.165, 1.54) is 5.56 Å². The molecule has 4 heteroatoms. The second kappa shape index (κ2) is 5.11. The van der Waals surface area contributed by atoms with E-state index in [9.17, 15) is 9.59 Å². The minimum atomic E-state index is -0.126. The maximum atomic E-state index is 12.7. The Balaban J connectivity index is 1.78. The Hall–Kier alpha value is -3.27. The van der Waals surface area contributed by atoms with Crippen LogP contribution >= 0.6 is 0 Å². The number of hydrogen-bond donors (Lipinski definition) is 0. The van der Waals surface area contributed by atoms with Crippen LogP contribution in [0.1, 0.15) is 12.0 Å². The van der Waals surface area contributed by atoms with Crippen LogP contribution in [0, 0.1) is 0 Å². The lowest BCUT2D eigenvalue weighted by Gasteiger charge is -2.06. The molecule has 0 saturated carbocycles. The molecule has 2 aliphatic rings. The zero-order valence-electron chi connectivity index (χ0n) is 13.5. The second-order valence-corrected chi connectivity index (χ2v) is 6.35. The summed E-state index contributed by atoms with van der Waals surface area (Å²) in [6.45, 7) is 0. The molecule has 1 aliphatic heterocycles. The normalized spacial score (nSPS) is 16.7. The van der Waals surface area contributed by atoms with Gasteiger partial charge in [0.15, 0.2) is 17.7 Å². The fraction of sp³-hybridized carbons (Fsp3) is 0.0952. The van der Waals surface area contributed by atoms with E-state index in [-0.39, 0.29) is 18.0 Å². The zero-order chi connectivity index (χ0) is 17.0. The number of para-hydroxylation sites is 2. The Labute approximate surface area is 144 Å². The van der Waals surface area contributed by atoms with Crippen LogP contribution in [-0.4, -0.2) is 26.9 Å². The lowest BCUT2D eigenvalue weighted by Crippen LogP contribution is -2.12. The summed E-state index contributed by atoms with van der Waals surface area (Å²) in [5.41, 5.74) is 4.04. The van der Waals surface area contributed by atoms with Crippen molar-refractivity contribution in [3.05, 3.63) is 72.1 Å². The monoisotopic (exact) mass is 327 g/mol. The lowest BCUT2D eigenvalue weighted by atomic mass is 10.1. The highest BCUT2D eigenvalue weighted by atomic mass is 16.2. The Morgan fingerprint density at radius 1 is 0.880 bits per heavy atom. The SMILES string of the molecule is O=C1CC(=O)C([N+]2=CCc3ccccc32)=C1n1ccc2ccccc21. The molecule has 0 unspecified atom stereocenters. The first-order valence-corrected chi connectivity index (χ1v) is 8.31. The summed E-state index contributed by atoms with van der Waals surface area (Å²) >= 11 is 0. The fourth-order valence-electron chi connectivity index (χ4n) is 3.77. The van der Waals surface area contributed by atoms with Gasteiger partial charge in [0.25, 0.3) is 5.70 Å². The van der Waals surface area contributed by atoms with Gasteiger partial charge in [0.1, 0.15) is 0 Å². The summed E-state index contributed by atoms with van der Waals surface area (Å²) in [4.78, 5) is 25.3. The van der Waals surface area contributed by atoms with E-state index in [1.807, 2.05) is 70.1 Å². The largest absolute Gasteiger partial charge is 0.308 e. The summed E-state index contributed by atoms with van der Waals surface area (Å²) in [7, 11) is 0. The maximum absolute atomic E-state index is 12.7. The molecule has 2 aromatic carbocycles. The van der Waals surface area contributed by atoms with Gasteiger partial charge in [-0.2, -0.15) is 4.58 Å². The molecule has 2 heterocycles. The number of carbonyl (C=O) groups excluding carboxylic acids is 2. The highest BCUT2D eigenvalue weighted by molar-refractivity contribution is 6.34. The number of ketones is 2. The van der Waals surface area contributed by atoms with E-state index < -0.39 is 0 Å². The molecule has 1 aromatic heterocycles. The molecule has 0 atom stereocenters. The van der Waals surface area contributed by atoms with Crippen LogP contribution in [0.4, 0.5) is 5.69 Å². The summed E-state index contributed by atoms with van der Waals surface area (Å²) in [6.07, 6.45) is 4.56. The van der Waals surface area contributed by atoms with E-state index in [0.29, 0.717) is 11.4 Å². The number of rotatable bonds is 2. The molecule has 5 rings (SSSR count). The number of allylic oxidation sites excluding steroid dienone is 2. The third-order valence-corrected chi connectivity index (χ3v) is 4.90. The average molecular weight is 327 g/mol. The first-order chi connectivity index (χ1) is 12.2. The van der Waals surface area contributed by atoms with E-state index in [1.54, 1.807) is 0 Å². The highest BCUT2D eigenvalue weighted by Crippen LogP contribution is 2.34. The Morgan fingerprint density at radius 2 is 1.68 bits per heavy atom. The number of fused-ring (bicyclic) bond motifs is 2. The number of nitrogens with zero attached hydrogens (tertiary/aromatic N) is 2. The molecule has 0 saturated heterocycles. The topological polar surface area (TPSA) is 42.1 Å². The molecular formula is C21H15N2O2+. The van der Waals surface area contributed by atoms with Gasteiger partial charge in [-0.1, -0.05) is 36.4 Å². The summed E-state index contributed by atoms with van der Waals surface area (Å²) in [6, 6.07) is 17.8. The van der Waals surface area contributed by atoms with Crippen molar-refractivity contribution in [2.24, 2.45) is 0 Å². The molecule has 0 N–H and O–H groups in total. The van der Waals surface area contributed by atoms with Gasteiger partial charge in [0.2, 0.25) is 11.5 Å². The minimum Gasteiger partial charge on any atom is -0.308 e. The number of hydrogen-bond acceptors (Lipinski definition) is 2. The average Bonchev–Trinajstić information content (AvgIpc) is 3.30. The lowest BCUT2D eigenvalue weighted by molar-refractivity contribution is -0.367. The number of carbonyl (C=O) groups is 2. The van der Waals surface area contributed by atoms with Gasteiger partial charge in [0, 0.05) is 17.8 Å². The molecule has 4 nitrogen and oxygen atoms in total. The zero-order valence-corrected chi connectivity index (χ0v) is 13.5. The summed E-state index contributed by atoms with van der Waals surface area (Å²) in [5.74, 6) is -0.245. The van der Waals surface area contributed by atoms with Crippen molar-refractivity contribution in [2.45, 2.75) is 12.8 Å². The van der Waals surface area contributed by atoms with Crippen LogP contribution < -0.4 is 0 Å². The Bertz CT molecular complexity index is 1130. The molecule has 0 radical (unpaired) electrons. The maximum Gasteiger partial charge on any atom is 0.282 e. The van der Waals surface area contributed by atoms with Crippen LogP contribution in [0.5, 0.6) is 0 Å². The van der Waals surface area contributed by atoms with Crippen LogP contribution in [0.25, 0.3) is 16.6 Å². The van der Waals surface area contributed by atoms with Crippen LogP contribution in [0.15, 0.2) is 66.5 Å². The van der Waals surface area contributed by atoms with Gasteiger partial charge in [-0.25, -0.2) is 0 Å². The van der Waals surface area contributed by atoms with Crippen molar-refractivity contribution in [1.82, 2.24) is 4.57 Å². The van der Waals surface area contributed by atoms with Crippen molar-refractivity contribution in [3.8, 4) is 0 Å². The molecule has 0 fully saturated rings. The first-order valence-electron chi connectivity index (χ1n) is 8.31. The van der Waals surface area contributed by atoms with Gasteiger partial charge >= 0.3 is 0 Å². The number of Topliss-reactive ketones (excluding diaryl/α,β-unsaturated/α-hetero) is 2. The molecule has 25 heavy (non-hydrogen) atoms. The van der Waals surface area contributed by atoms with Crippen molar-refractivity contribution >= 4 is 40.1 Å². The summed E-state index contributed by atoms with van der Waals surface area (Å²) < 4.78 is 3.75. The molecule has 120 valence electrons. The first kappa shape index (κ1) is 14.1. The predicted molar refractivity (Wildman–Crippen MR) is 95.9 cm³/mol. The van der Waals surface area contributed by atoms with Gasteiger partial charge in [-0.3, -0.25) is 9.59 Å².